The van der Waals surface area contributed by atoms with Crippen LogP contribution in [0.15, 0.2) is 10.8 Å². The highest BCUT2D eigenvalue weighted by atomic mass is 32.2. The van der Waals surface area contributed by atoms with Crippen molar-refractivity contribution in [2.24, 2.45) is 0 Å². The summed E-state index contributed by atoms with van der Waals surface area (Å²) in [5.74, 6) is 0. The minimum absolute atomic E-state index is 0.280. The molecule has 0 aromatic carbocycles. The maximum absolute atomic E-state index is 8.62. The topological polar surface area (TPSA) is 60.7 Å². The van der Waals surface area contributed by atoms with Crippen LogP contribution in [0.4, 0.5) is 0 Å². The lowest BCUT2D eigenvalue weighted by Crippen LogP contribution is -1.70. The lowest BCUT2D eigenvalue weighted by Gasteiger charge is -1.96. The maximum Gasteiger partial charge on any atom is 0.277 e. The zero-order valence-corrected chi connectivity index (χ0v) is 6.79. The van der Waals surface area contributed by atoms with Crippen LogP contribution in [0.3, 0.4) is 0 Å². The van der Waals surface area contributed by atoms with E-state index in [9.17, 15) is 0 Å². The van der Waals surface area contributed by atoms with Gasteiger partial charge in [0, 0.05) is 10.8 Å². The van der Waals surface area contributed by atoms with Gasteiger partial charge in [-0.1, -0.05) is 0 Å². The van der Waals surface area contributed by atoms with Crippen molar-refractivity contribution in [1.82, 2.24) is 0 Å². The summed E-state index contributed by atoms with van der Waals surface area (Å²) < 4.78 is 0.280. The fourth-order valence-electron chi connectivity index (χ4n) is 0.341. The molecule has 1 rings (SSSR count). The van der Waals surface area contributed by atoms with Crippen LogP contribution in [0.1, 0.15) is 0 Å². The molecule has 0 aliphatic rings. The third-order valence-electron chi connectivity index (χ3n) is 0.638. The molecule has 1 aromatic rings. The van der Waals surface area contributed by atoms with E-state index in [1.165, 1.54) is 0 Å². The summed E-state index contributed by atoms with van der Waals surface area (Å²) >= 11 is 2.30. The summed E-state index contributed by atoms with van der Waals surface area (Å²) in [5.41, 5.74) is 0. The van der Waals surface area contributed by atoms with Crippen LogP contribution in [-0.4, -0.2) is 14.7 Å². The van der Waals surface area contributed by atoms with Crippen molar-refractivity contribution in [3.8, 4) is 0 Å². The smallest absolute Gasteiger partial charge is 0.277 e. The average Bonchev–Trinajstić information content (AvgIpc) is 2.08. The lowest BCUT2D eigenvalue weighted by atomic mass is 11.2. The Labute approximate surface area is 59.7 Å². The summed E-state index contributed by atoms with van der Waals surface area (Å²) in [5, 5.41) is 3.38. The van der Waals surface area contributed by atoms with E-state index in [1.807, 2.05) is 0 Å². The Hall–Kier alpha value is 0.360. The van der Waals surface area contributed by atoms with E-state index in [0.29, 0.717) is 0 Å². The van der Waals surface area contributed by atoms with Gasteiger partial charge in [0.25, 0.3) is 7.57 Å². The Morgan fingerprint density at radius 2 is 1.56 bits per heavy atom. The number of rotatable bonds is 0. The van der Waals surface area contributed by atoms with Crippen molar-refractivity contribution in [2.75, 3.05) is 0 Å². The molecule has 52 valence electrons. The predicted octanol–water partition coefficient (Wildman–Crippen LogP) is 1.08. The van der Waals surface area contributed by atoms with Gasteiger partial charge in [-0.3, -0.25) is 0 Å². The predicted molar refractivity (Wildman–Crippen MR) is 39.0 cm³/mol. The molecule has 1 aromatic heterocycles. The highest BCUT2D eigenvalue weighted by molar-refractivity contribution is 7.58. The second kappa shape index (κ2) is 2.54. The second-order valence-corrected chi connectivity index (χ2v) is 5.62. The third-order valence-corrected chi connectivity index (χ3v) is 4.93. The molecule has 0 saturated carbocycles. The van der Waals surface area contributed by atoms with E-state index in [0.717, 1.165) is 22.7 Å². The Balaban J connectivity index is 3.45. The Morgan fingerprint density at radius 3 is 1.78 bits per heavy atom. The van der Waals surface area contributed by atoms with Gasteiger partial charge in [-0.25, -0.2) is 0 Å². The van der Waals surface area contributed by atoms with Crippen LogP contribution in [0, 0.1) is 3.57 Å². The van der Waals surface area contributed by atoms with Crippen molar-refractivity contribution >= 4 is 30.2 Å². The van der Waals surface area contributed by atoms with Crippen molar-refractivity contribution in [3.63, 3.8) is 0 Å². The normalized spacial score (nSPS) is 11.9. The van der Waals surface area contributed by atoms with E-state index < -0.39 is 7.57 Å². The SMILES string of the molecule is OP(O)(O)=c1sccs1. The third kappa shape index (κ3) is 1.89. The molecular formula is C3H5O3PS2. The molecule has 1 heterocycles. The minimum atomic E-state index is -3.68. The number of hydrogen-bond acceptors (Lipinski definition) is 5. The molecule has 0 aliphatic heterocycles. The first-order valence-corrected chi connectivity index (χ1v) is 5.44. The molecule has 0 radical (unpaired) electrons. The van der Waals surface area contributed by atoms with Gasteiger partial charge in [-0.05, 0) is 0 Å². The van der Waals surface area contributed by atoms with Crippen LogP contribution in [0.2, 0.25) is 0 Å². The van der Waals surface area contributed by atoms with E-state index in [-0.39, 0.29) is 3.57 Å². The zero-order valence-electron chi connectivity index (χ0n) is 4.26. The Morgan fingerprint density at radius 1 is 1.11 bits per heavy atom. The van der Waals surface area contributed by atoms with Gasteiger partial charge < -0.3 is 14.7 Å². The lowest BCUT2D eigenvalue weighted by molar-refractivity contribution is 0.356. The maximum atomic E-state index is 8.62. The molecule has 0 amide bonds. The molecule has 0 spiro atoms. The minimum Gasteiger partial charge on any atom is -0.331 e. The summed E-state index contributed by atoms with van der Waals surface area (Å²) in [6, 6.07) is 0. The van der Waals surface area contributed by atoms with E-state index in [4.69, 9.17) is 14.7 Å². The fraction of sp³-hybridized carbons (Fsp3) is 0. The molecule has 3 nitrogen and oxygen atoms in total. The van der Waals surface area contributed by atoms with Crippen molar-refractivity contribution in [1.29, 1.82) is 0 Å². The average molecular weight is 184 g/mol. The van der Waals surface area contributed by atoms with Crippen molar-refractivity contribution < 1.29 is 14.7 Å². The largest absolute Gasteiger partial charge is 0.331 e. The first kappa shape index (κ1) is 7.47. The highest BCUT2D eigenvalue weighted by Gasteiger charge is 2.03. The summed E-state index contributed by atoms with van der Waals surface area (Å²) in [6.45, 7) is 0. The highest BCUT2D eigenvalue weighted by Crippen LogP contribution is 2.38. The van der Waals surface area contributed by atoms with E-state index in [1.54, 1.807) is 10.8 Å². The Bertz CT molecular complexity index is 244. The van der Waals surface area contributed by atoms with Crippen LogP contribution in [0.25, 0.3) is 0 Å². The van der Waals surface area contributed by atoms with Crippen molar-refractivity contribution in [3.05, 3.63) is 14.3 Å². The molecule has 0 saturated heterocycles. The van der Waals surface area contributed by atoms with Crippen LogP contribution < -0.4 is 0 Å². The molecule has 0 atom stereocenters. The van der Waals surface area contributed by atoms with E-state index in [2.05, 4.69) is 0 Å². The number of hydrogen-bond donors (Lipinski definition) is 3. The quantitative estimate of drug-likeness (QED) is 0.529. The van der Waals surface area contributed by atoms with Gasteiger partial charge in [0.05, 0.1) is 0 Å². The molecule has 0 aliphatic carbocycles. The van der Waals surface area contributed by atoms with Gasteiger partial charge in [-0.15, -0.1) is 22.7 Å². The molecule has 3 N–H and O–H groups in total. The van der Waals surface area contributed by atoms with Gasteiger partial charge in [0.1, 0.15) is 0 Å². The van der Waals surface area contributed by atoms with Gasteiger partial charge in [0.2, 0.25) is 0 Å². The standard InChI is InChI=1S/C3H5O3PS2/c4-7(5,6)3-8-1-2-9-3/h1-2,4-6H. The molecule has 0 fully saturated rings. The molecule has 9 heavy (non-hydrogen) atoms. The van der Waals surface area contributed by atoms with Crippen LogP contribution >= 0.6 is 30.2 Å². The fourth-order valence-corrected chi connectivity index (χ4v) is 3.07. The monoisotopic (exact) mass is 184 g/mol. The molecule has 6 heteroatoms. The van der Waals surface area contributed by atoms with Gasteiger partial charge in [-0.2, -0.15) is 0 Å². The first-order chi connectivity index (χ1) is 4.11. The second-order valence-electron chi connectivity index (χ2n) is 1.34. The van der Waals surface area contributed by atoms with Crippen LogP contribution in [0.5, 0.6) is 0 Å². The molecule has 0 bridgehead atoms. The first-order valence-electron chi connectivity index (χ1n) is 2.04. The molecular weight excluding hydrogens is 179 g/mol. The van der Waals surface area contributed by atoms with E-state index >= 15 is 0 Å². The van der Waals surface area contributed by atoms with Gasteiger partial charge in [0.15, 0.2) is 3.57 Å². The Kier molecular flexibility index (Phi) is 2.10. The van der Waals surface area contributed by atoms with Crippen molar-refractivity contribution in [2.45, 2.75) is 0 Å². The van der Waals surface area contributed by atoms with Gasteiger partial charge >= 0.3 is 0 Å². The molecule has 0 unspecified atom stereocenters. The summed E-state index contributed by atoms with van der Waals surface area (Å²) in [4.78, 5) is 25.9. The summed E-state index contributed by atoms with van der Waals surface area (Å²) in [6.07, 6.45) is 0. The zero-order chi connectivity index (χ0) is 6.91. The summed E-state index contributed by atoms with van der Waals surface area (Å²) in [7, 11) is -3.68. The van der Waals surface area contributed by atoms with Crippen LogP contribution in [-0.2, 0) is 0 Å².